The molecule has 0 N–H and O–H groups in total. The van der Waals surface area contributed by atoms with Crippen molar-refractivity contribution in [2.45, 2.75) is 19.8 Å². The van der Waals surface area contributed by atoms with Gasteiger partial charge in [0, 0.05) is 6.42 Å². The molecule has 4 nitrogen and oxygen atoms in total. The maximum atomic E-state index is 12.1. The topological polar surface area (TPSA) is 44.8 Å². The molecule has 2 aromatic carbocycles. The van der Waals surface area contributed by atoms with E-state index in [2.05, 4.69) is 0 Å². The molecular weight excluding hydrogens is 304 g/mol. The molecule has 0 amide bonds. The highest BCUT2D eigenvalue weighted by Crippen LogP contribution is 2.29. The summed E-state index contributed by atoms with van der Waals surface area (Å²) >= 11 is 0. The third kappa shape index (κ3) is 4.88. The first-order valence-corrected chi connectivity index (χ1v) is 7.80. The van der Waals surface area contributed by atoms with Gasteiger partial charge in [-0.25, -0.2) is 0 Å². The summed E-state index contributed by atoms with van der Waals surface area (Å²) < 4.78 is 15.8. The molecule has 2 aromatic rings. The van der Waals surface area contributed by atoms with Crippen molar-refractivity contribution in [3.05, 3.63) is 59.7 Å². The van der Waals surface area contributed by atoms with Crippen LogP contribution >= 0.6 is 0 Å². The molecular formula is C20H22O4. The van der Waals surface area contributed by atoms with E-state index in [1.807, 2.05) is 55.5 Å². The van der Waals surface area contributed by atoms with Crippen LogP contribution in [0.5, 0.6) is 17.2 Å². The van der Waals surface area contributed by atoms with E-state index in [0.717, 1.165) is 16.9 Å². The van der Waals surface area contributed by atoms with Crippen molar-refractivity contribution in [3.63, 3.8) is 0 Å². The zero-order valence-electron chi connectivity index (χ0n) is 14.2. The Bertz CT molecular complexity index is 702. The fourth-order valence-corrected chi connectivity index (χ4v) is 2.28. The lowest BCUT2D eigenvalue weighted by molar-refractivity contribution is -0.134. The van der Waals surface area contributed by atoms with Gasteiger partial charge >= 0.3 is 5.97 Å². The summed E-state index contributed by atoms with van der Waals surface area (Å²) in [6, 6.07) is 13.1. The summed E-state index contributed by atoms with van der Waals surface area (Å²) in [6.45, 7) is 1.94. The second-order valence-corrected chi connectivity index (χ2v) is 5.23. The van der Waals surface area contributed by atoms with Gasteiger partial charge in [-0.15, -0.1) is 0 Å². The van der Waals surface area contributed by atoms with E-state index in [4.69, 9.17) is 14.2 Å². The minimum absolute atomic E-state index is 0.289. The van der Waals surface area contributed by atoms with Crippen LogP contribution in [-0.4, -0.2) is 20.2 Å². The molecule has 24 heavy (non-hydrogen) atoms. The van der Waals surface area contributed by atoms with Crippen molar-refractivity contribution in [3.8, 4) is 17.2 Å². The number of aryl methyl sites for hydroxylation is 1. The van der Waals surface area contributed by atoms with Gasteiger partial charge in [0.1, 0.15) is 5.75 Å². The number of benzene rings is 2. The van der Waals surface area contributed by atoms with Crippen LogP contribution < -0.4 is 14.2 Å². The van der Waals surface area contributed by atoms with Gasteiger partial charge < -0.3 is 14.2 Å². The zero-order chi connectivity index (χ0) is 17.4. The van der Waals surface area contributed by atoms with Gasteiger partial charge in [0.05, 0.1) is 14.2 Å². The third-order valence-corrected chi connectivity index (χ3v) is 3.55. The molecule has 0 atom stereocenters. The highest BCUT2D eigenvalue weighted by Gasteiger charge is 2.11. The largest absolute Gasteiger partial charge is 0.497 e. The zero-order valence-corrected chi connectivity index (χ0v) is 14.2. The molecule has 0 aliphatic heterocycles. The van der Waals surface area contributed by atoms with Crippen LogP contribution in [0.4, 0.5) is 0 Å². The van der Waals surface area contributed by atoms with Gasteiger partial charge in [0.2, 0.25) is 0 Å². The Kier molecular flexibility index (Phi) is 6.43. The molecule has 0 aromatic heterocycles. The second kappa shape index (κ2) is 8.77. The number of methoxy groups -OCH3 is 2. The number of allylic oxidation sites excluding steroid dienone is 1. The van der Waals surface area contributed by atoms with Crippen LogP contribution in [0.2, 0.25) is 0 Å². The Hall–Kier alpha value is -2.75. The Morgan fingerprint density at radius 1 is 1.00 bits per heavy atom. The predicted octanol–water partition coefficient (Wildman–Crippen LogP) is 4.28. The Morgan fingerprint density at radius 2 is 1.75 bits per heavy atom. The van der Waals surface area contributed by atoms with Crippen molar-refractivity contribution in [2.24, 2.45) is 0 Å². The van der Waals surface area contributed by atoms with Gasteiger partial charge in [-0.05, 0) is 48.7 Å². The minimum atomic E-state index is -0.289. The molecule has 2 rings (SSSR count). The highest BCUT2D eigenvalue weighted by molar-refractivity contribution is 5.74. The van der Waals surface area contributed by atoms with Crippen LogP contribution in [0.15, 0.2) is 48.5 Å². The maximum Gasteiger partial charge on any atom is 0.311 e. The number of esters is 1. The van der Waals surface area contributed by atoms with Crippen molar-refractivity contribution >= 4 is 12.0 Å². The third-order valence-electron chi connectivity index (χ3n) is 3.55. The average Bonchev–Trinajstić information content (AvgIpc) is 2.62. The van der Waals surface area contributed by atoms with Crippen LogP contribution in [0.25, 0.3) is 6.08 Å². The molecule has 0 fully saturated rings. The molecule has 0 saturated carbocycles. The van der Waals surface area contributed by atoms with Crippen LogP contribution in [0.1, 0.15) is 24.5 Å². The van der Waals surface area contributed by atoms with E-state index in [9.17, 15) is 4.79 Å². The van der Waals surface area contributed by atoms with Gasteiger partial charge in [0.15, 0.2) is 11.5 Å². The summed E-state index contributed by atoms with van der Waals surface area (Å²) in [5.74, 6) is 1.49. The predicted molar refractivity (Wildman–Crippen MR) is 94.7 cm³/mol. The Balaban J connectivity index is 1.96. The highest BCUT2D eigenvalue weighted by atomic mass is 16.6. The number of rotatable bonds is 7. The summed E-state index contributed by atoms with van der Waals surface area (Å²) in [6.07, 6.45) is 4.81. The van der Waals surface area contributed by atoms with E-state index in [-0.39, 0.29) is 5.97 Å². The van der Waals surface area contributed by atoms with Crippen LogP contribution in [0.3, 0.4) is 0 Å². The molecule has 0 aliphatic carbocycles. The quantitative estimate of drug-likeness (QED) is 0.563. The molecule has 0 aliphatic rings. The Morgan fingerprint density at radius 3 is 2.38 bits per heavy atom. The van der Waals surface area contributed by atoms with Gasteiger partial charge in [-0.1, -0.05) is 30.4 Å². The molecule has 126 valence electrons. The summed E-state index contributed by atoms with van der Waals surface area (Å²) in [4.78, 5) is 12.1. The first-order valence-electron chi connectivity index (χ1n) is 7.80. The van der Waals surface area contributed by atoms with Crippen LogP contribution in [0, 0.1) is 0 Å². The molecule has 0 radical (unpaired) electrons. The van der Waals surface area contributed by atoms with Crippen molar-refractivity contribution < 1.29 is 19.0 Å². The molecule has 4 heteroatoms. The number of hydrogen-bond donors (Lipinski definition) is 0. The van der Waals surface area contributed by atoms with E-state index in [1.54, 1.807) is 20.3 Å². The lowest BCUT2D eigenvalue weighted by atomic mass is 10.1. The maximum absolute atomic E-state index is 12.1. The van der Waals surface area contributed by atoms with E-state index >= 15 is 0 Å². The lowest BCUT2D eigenvalue weighted by Gasteiger charge is -2.10. The van der Waals surface area contributed by atoms with Gasteiger partial charge in [-0.2, -0.15) is 0 Å². The molecule has 0 bridgehead atoms. The standard InChI is InChI=1S/C20H22O4/c1-4-5-16-8-12-18(19(14-16)23-3)24-20(21)13-9-15-6-10-17(22-2)11-7-15/h4-8,10-12,14H,9,13H2,1-3H3/b5-4+. The summed E-state index contributed by atoms with van der Waals surface area (Å²) in [7, 11) is 3.19. The first kappa shape index (κ1) is 17.6. The molecule has 0 spiro atoms. The van der Waals surface area contributed by atoms with Gasteiger partial charge in [-0.3, -0.25) is 4.79 Å². The van der Waals surface area contributed by atoms with Crippen molar-refractivity contribution in [1.82, 2.24) is 0 Å². The minimum Gasteiger partial charge on any atom is -0.497 e. The first-order chi connectivity index (χ1) is 11.7. The van der Waals surface area contributed by atoms with Gasteiger partial charge in [0.25, 0.3) is 0 Å². The number of hydrogen-bond acceptors (Lipinski definition) is 4. The van der Waals surface area contributed by atoms with Crippen molar-refractivity contribution in [2.75, 3.05) is 14.2 Å². The normalized spacial score (nSPS) is 10.6. The fourth-order valence-electron chi connectivity index (χ4n) is 2.28. The van der Waals surface area contributed by atoms with Crippen molar-refractivity contribution in [1.29, 1.82) is 0 Å². The average molecular weight is 326 g/mol. The molecule has 0 unspecified atom stereocenters. The lowest BCUT2D eigenvalue weighted by Crippen LogP contribution is -2.10. The number of ether oxygens (including phenoxy) is 3. The van der Waals surface area contributed by atoms with E-state index in [0.29, 0.717) is 24.3 Å². The van der Waals surface area contributed by atoms with E-state index < -0.39 is 0 Å². The Labute approximate surface area is 142 Å². The summed E-state index contributed by atoms with van der Waals surface area (Å²) in [5, 5.41) is 0. The SMILES string of the molecule is C/C=C/c1ccc(OC(=O)CCc2ccc(OC)cc2)c(OC)c1. The second-order valence-electron chi connectivity index (χ2n) is 5.23. The summed E-state index contributed by atoms with van der Waals surface area (Å²) in [5.41, 5.74) is 2.05. The monoisotopic (exact) mass is 326 g/mol. The molecule has 0 heterocycles. The number of carbonyl (C=O) groups excluding carboxylic acids is 1. The number of carbonyl (C=O) groups is 1. The smallest absolute Gasteiger partial charge is 0.311 e. The molecule has 0 saturated heterocycles. The van der Waals surface area contributed by atoms with E-state index in [1.165, 1.54) is 0 Å². The van der Waals surface area contributed by atoms with Crippen LogP contribution in [-0.2, 0) is 11.2 Å². The fraction of sp³-hybridized carbons (Fsp3) is 0.250.